The van der Waals surface area contributed by atoms with Gasteiger partial charge in [-0.1, -0.05) is 13.8 Å². The SMILES string of the molecule is COCC[C@@H](CO)NC(=O)NC[C@H]1N(C)CCCC1(C)C. The number of methoxy groups -OCH3 is 1. The maximum atomic E-state index is 11.9. The van der Waals surface area contributed by atoms with Crippen LogP contribution in [0.25, 0.3) is 0 Å². The molecule has 1 heterocycles. The van der Waals surface area contributed by atoms with Gasteiger partial charge in [-0.2, -0.15) is 0 Å². The number of nitrogens with zero attached hydrogens (tertiary/aromatic N) is 1. The van der Waals surface area contributed by atoms with Crippen LogP contribution in [0.2, 0.25) is 0 Å². The monoisotopic (exact) mass is 301 g/mol. The summed E-state index contributed by atoms with van der Waals surface area (Å²) in [4.78, 5) is 14.3. The third-order valence-electron chi connectivity index (χ3n) is 4.45. The van der Waals surface area contributed by atoms with Crippen molar-refractivity contribution in [3.05, 3.63) is 0 Å². The van der Waals surface area contributed by atoms with Crippen molar-refractivity contribution in [2.75, 3.05) is 40.5 Å². The highest BCUT2D eigenvalue weighted by Crippen LogP contribution is 2.33. The van der Waals surface area contributed by atoms with Gasteiger partial charge in [-0.15, -0.1) is 0 Å². The van der Waals surface area contributed by atoms with E-state index in [4.69, 9.17) is 4.74 Å². The number of likely N-dealkylation sites (tertiary alicyclic amines) is 1. The Morgan fingerprint density at radius 1 is 1.52 bits per heavy atom. The molecule has 1 saturated heterocycles. The largest absolute Gasteiger partial charge is 0.394 e. The smallest absolute Gasteiger partial charge is 0.315 e. The Kier molecular flexibility index (Phi) is 7.42. The van der Waals surface area contributed by atoms with Gasteiger partial charge in [0.15, 0.2) is 0 Å². The van der Waals surface area contributed by atoms with Gasteiger partial charge >= 0.3 is 6.03 Å². The summed E-state index contributed by atoms with van der Waals surface area (Å²) < 4.78 is 4.96. The van der Waals surface area contributed by atoms with E-state index in [9.17, 15) is 9.90 Å². The van der Waals surface area contributed by atoms with Crippen LogP contribution < -0.4 is 10.6 Å². The number of carbonyl (C=O) groups excluding carboxylic acids is 1. The Bertz CT molecular complexity index is 323. The molecule has 6 nitrogen and oxygen atoms in total. The van der Waals surface area contributed by atoms with E-state index in [2.05, 4.69) is 36.4 Å². The van der Waals surface area contributed by atoms with Crippen molar-refractivity contribution in [1.29, 1.82) is 0 Å². The molecule has 2 atom stereocenters. The standard InChI is InChI=1S/C15H31N3O3/c1-15(2)7-5-8-18(3)13(15)10-16-14(20)17-12(11-19)6-9-21-4/h12-13,19H,5-11H2,1-4H3,(H2,16,17,20)/t12-,13+/m0/s1. The van der Waals surface area contributed by atoms with E-state index in [-0.39, 0.29) is 24.1 Å². The van der Waals surface area contributed by atoms with Crippen LogP contribution in [0.15, 0.2) is 0 Å². The molecular formula is C15H31N3O3. The molecule has 2 amide bonds. The average molecular weight is 301 g/mol. The van der Waals surface area contributed by atoms with Gasteiger partial charge in [-0.05, 0) is 38.3 Å². The first-order valence-corrected chi connectivity index (χ1v) is 7.75. The number of aliphatic hydroxyl groups excluding tert-OH is 1. The van der Waals surface area contributed by atoms with Gasteiger partial charge in [0.2, 0.25) is 0 Å². The maximum absolute atomic E-state index is 11.9. The lowest BCUT2D eigenvalue weighted by Crippen LogP contribution is -2.55. The Hall–Kier alpha value is -0.850. The molecule has 0 aliphatic carbocycles. The van der Waals surface area contributed by atoms with Gasteiger partial charge in [0.25, 0.3) is 0 Å². The number of hydrogen-bond donors (Lipinski definition) is 3. The fourth-order valence-corrected chi connectivity index (χ4v) is 3.03. The number of likely N-dealkylation sites (N-methyl/N-ethyl adjacent to an activating group) is 1. The topological polar surface area (TPSA) is 73.8 Å². The lowest BCUT2D eigenvalue weighted by molar-refractivity contribution is 0.0596. The minimum atomic E-state index is -0.262. The number of hydrogen-bond acceptors (Lipinski definition) is 4. The van der Waals surface area contributed by atoms with Gasteiger partial charge in [0.1, 0.15) is 0 Å². The van der Waals surface area contributed by atoms with Crippen LogP contribution in [0.4, 0.5) is 4.79 Å². The number of ether oxygens (including phenoxy) is 1. The summed E-state index contributed by atoms with van der Waals surface area (Å²) in [6, 6.07) is -0.148. The van der Waals surface area contributed by atoms with Crippen molar-refractivity contribution in [3.8, 4) is 0 Å². The Labute approximate surface area is 128 Å². The second-order valence-electron chi connectivity index (χ2n) is 6.60. The molecule has 1 aliphatic heterocycles. The lowest BCUT2D eigenvalue weighted by Gasteiger charge is -2.45. The highest BCUT2D eigenvalue weighted by Gasteiger charge is 2.35. The van der Waals surface area contributed by atoms with Crippen LogP contribution in [0.5, 0.6) is 0 Å². The molecule has 1 fully saturated rings. The zero-order chi connectivity index (χ0) is 15.9. The maximum Gasteiger partial charge on any atom is 0.315 e. The van der Waals surface area contributed by atoms with Gasteiger partial charge in [-0.3, -0.25) is 0 Å². The number of amides is 2. The van der Waals surface area contributed by atoms with Crippen molar-refractivity contribution >= 4 is 6.03 Å². The first kappa shape index (κ1) is 18.2. The van der Waals surface area contributed by atoms with Crippen LogP contribution in [0.3, 0.4) is 0 Å². The first-order valence-electron chi connectivity index (χ1n) is 7.75. The zero-order valence-electron chi connectivity index (χ0n) is 13.8. The number of urea groups is 1. The minimum Gasteiger partial charge on any atom is -0.394 e. The Morgan fingerprint density at radius 3 is 2.81 bits per heavy atom. The molecule has 0 aromatic heterocycles. The molecule has 124 valence electrons. The zero-order valence-corrected chi connectivity index (χ0v) is 13.8. The summed E-state index contributed by atoms with van der Waals surface area (Å²) >= 11 is 0. The molecule has 6 heteroatoms. The summed E-state index contributed by atoms with van der Waals surface area (Å²) in [6.45, 7) is 6.64. The van der Waals surface area contributed by atoms with Gasteiger partial charge in [-0.25, -0.2) is 4.79 Å². The molecule has 0 radical (unpaired) electrons. The quantitative estimate of drug-likeness (QED) is 0.650. The molecule has 0 saturated carbocycles. The first-order chi connectivity index (χ1) is 9.90. The summed E-state index contributed by atoms with van der Waals surface area (Å²) in [7, 11) is 3.72. The van der Waals surface area contributed by atoms with Gasteiger partial charge in [0.05, 0.1) is 12.6 Å². The van der Waals surface area contributed by atoms with Crippen LogP contribution in [-0.4, -0.2) is 68.6 Å². The molecule has 0 spiro atoms. The van der Waals surface area contributed by atoms with Gasteiger partial charge < -0.3 is 25.4 Å². The van der Waals surface area contributed by atoms with E-state index in [1.165, 1.54) is 12.8 Å². The van der Waals surface area contributed by atoms with E-state index in [1.54, 1.807) is 7.11 Å². The lowest BCUT2D eigenvalue weighted by atomic mass is 9.76. The number of piperidine rings is 1. The van der Waals surface area contributed by atoms with Crippen LogP contribution in [0.1, 0.15) is 33.1 Å². The van der Waals surface area contributed by atoms with E-state index >= 15 is 0 Å². The Balaban J connectivity index is 2.40. The summed E-state index contributed by atoms with van der Waals surface area (Å²) in [5, 5.41) is 15.0. The predicted molar refractivity (Wildman–Crippen MR) is 83.3 cm³/mol. The van der Waals surface area contributed by atoms with E-state index in [1.807, 2.05) is 0 Å². The molecule has 1 aliphatic rings. The molecule has 1 rings (SSSR count). The van der Waals surface area contributed by atoms with E-state index in [0.717, 1.165) is 6.54 Å². The third kappa shape index (κ3) is 5.80. The van der Waals surface area contributed by atoms with E-state index < -0.39 is 0 Å². The summed E-state index contributed by atoms with van der Waals surface area (Å²) in [6.07, 6.45) is 2.99. The van der Waals surface area contributed by atoms with Crippen molar-refractivity contribution in [1.82, 2.24) is 15.5 Å². The normalized spacial score (nSPS) is 23.6. The number of carbonyl (C=O) groups is 1. The fraction of sp³-hybridized carbons (Fsp3) is 0.933. The molecule has 0 bridgehead atoms. The predicted octanol–water partition coefficient (Wildman–Crippen LogP) is 0.803. The van der Waals surface area contributed by atoms with Crippen molar-refractivity contribution in [2.45, 2.75) is 45.2 Å². The second kappa shape index (κ2) is 8.56. The number of rotatable bonds is 7. The fourth-order valence-electron chi connectivity index (χ4n) is 3.03. The van der Waals surface area contributed by atoms with Crippen LogP contribution in [0, 0.1) is 5.41 Å². The van der Waals surface area contributed by atoms with Crippen molar-refractivity contribution < 1.29 is 14.6 Å². The molecule has 3 N–H and O–H groups in total. The Morgan fingerprint density at radius 2 is 2.24 bits per heavy atom. The molecule has 0 aromatic carbocycles. The highest BCUT2D eigenvalue weighted by atomic mass is 16.5. The van der Waals surface area contributed by atoms with Crippen molar-refractivity contribution in [3.63, 3.8) is 0 Å². The highest BCUT2D eigenvalue weighted by molar-refractivity contribution is 5.74. The summed E-state index contributed by atoms with van der Waals surface area (Å²) in [5.74, 6) is 0. The second-order valence-corrected chi connectivity index (χ2v) is 6.60. The molecule has 0 aromatic rings. The van der Waals surface area contributed by atoms with Crippen molar-refractivity contribution in [2.24, 2.45) is 5.41 Å². The minimum absolute atomic E-state index is 0.0778. The van der Waals surface area contributed by atoms with Gasteiger partial charge in [0, 0.05) is 26.3 Å². The van der Waals surface area contributed by atoms with E-state index in [0.29, 0.717) is 25.6 Å². The molecule has 21 heavy (non-hydrogen) atoms. The van der Waals surface area contributed by atoms with Crippen LogP contribution in [-0.2, 0) is 4.74 Å². The average Bonchev–Trinajstić information content (AvgIpc) is 2.42. The number of nitrogens with one attached hydrogen (secondary N) is 2. The molecule has 0 unspecified atom stereocenters. The summed E-state index contributed by atoms with van der Waals surface area (Å²) in [5.41, 5.74) is 0.201. The third-order valence-corrected chi connectivity index (χ3v) is 4.45. The molecular weight excluding hydrogens is 270 g/mol. The number of aliphatic hydroxyl groups is 1. The van der Waals surface area contributed by atoms with Crippen LogP contribution >= 0.6 is 0 Å².